The largest absolute Gasteiger partial charge is 0.503 e. The first-order valence-electron chi connectivity index (χ1n) is 6.16. The Balaban J connectivity index is 2.39. The topological polar surface area (TPSA) is 45.5 Å². The van der Waals surface area contributed by atoms with Crippen LogP contribution in [-0.4, -0.2) is 28.7 Å². The van der Waals surface area contributed by atoms with Crippen LogP contribution in [0.1, 0.15) is 37.4 Å². The van der Waals surface area contributed by atoms with Crippen LogP contribution in [-0.2, 0) is 6.54 Å². The van der Waals surface area contributed by atoms with Crippen molar-refractivity contribution in [1.82, 2.24) is 9.47 Å². The molecule has 0 amide bonds. The first kappa shape index (κ1) is 12.2. The van der Waals surface area contributed by atoms with Gasteiger partial charge in [0, 0.05) is 24.3 Å². The van der Waals surface area contributed by atoms with Gasteiger partial charge in [0.05, 0.1) is 6.20 Å². The fraction of sp³-hybridized carbons (Fsp3) is 0.615. The summed E-state index contributed by atoms with van der Waals surface area (Å²) in [5, 5.41) is 9.57. The predicted octanol–water partition coefficient (Wildman–Crippen LogP) is 1.73. The molecule has 2 rings (SSSR count). The Bertz CT molecular complexity index is 445. The average molecular weight is 236 g/mol. The number of pyridine rings is 1. The number of nitrogens with zero attached hydrogens (tertiary/aromatic N) is 2. The van der Waals surface area contributed by atoms with Crippen molar-refractivity contribution in [1.29, 1.82) is 0 Å². The molecule has 0 atom stereocenters. The van der Waals surface area contributed by atoms with Gasteiger partial charge in [-0.3, -0.25) is 4.79 Å². The SMILES string of the molecule is CN(C)Cc1cc(=O)c(O)cn1C1CCCC1. The molecular formula is C13H20N2O2. The molecule has 4 nitrogen and oxygen atoms in total. The van der Waals surface area contributed by atoms with Gasteiger partial charge in [0.25, 0.3) is 0 Å². The van der Waals surface area contributed by atoms with Crippen molar-refractivity contribution < 1.29 is 5.11 Å². The Labute approximate surface area is 101 Å². The van der Waals surface area contributed by atoms with Crippen LogP contribution in [0.5, 0.6) is 5.75 Å². The van der Waals surface area contributed by atoms with E-state index in [9.17, 15) is 9.90 Å². The number of aromatic hydroxyl groups is 1. The van der Waals surface area contributed by atoms with Gasteiger partial charge >= 0.3 is 0 Å². The van der Waals surface area contributed by atoms with Crippen molar-refractivity contribution in [3.05, 3.63) is 28.2 Å². The third kappa shape index (κ3) is 2.69. The summed E-state index contributed by atoms with van der Waals surface area (Å²) in [5.41, 5.74) is 0.709. The molecule has 1 aliphatic carbocycles. The minimum absolute atomic E-state index is 0.139. The van der Waals surface area contributed by atoms with Gasteiger partial charge in [-0.1, -0.05) is 12.8 Å². The fourth-order valence-corrected chi connectivity index (χ4v) is 2.55. The molecule has 1 aromatic heterocycles. The number of hydrogen-bond acceptors (Lipinski definition) is 3. The van der Waals surface area contributed by atoms with E-state index in [1.807, 2.05) is 19.0 Å². The second-order valence-electron chi connectivity index (χ2n) is 5.10. The van der Waals surface area contributed by atoms with Crippen molar-refractivity contribution in [3.8, 4) is 5.75 Å². The molecule has 1 fully saturated rings. The molecule has 1 aromatic rings. The summed E-state index contributed by atoms with van der Waals surface area (Å²) in [6, 6.07) is 2.00. The molecule has 4 heteroatoms. The van der Waals surface area contributed by atoms with Gasteiger partial charge < -0.3 is 14.6 Å². The van der Waals surface area contributed by atoms with Crippen LogP contribution in [0.25, 0.3) is 0 Å². The fourth-order valence-electron chi connectivity index (χ4n) is 2.55. The van der Waals surface area contributed by atoms with E-state index in [0.717, 1.165) is 25.1 Å². The lowest BCUT2D eigenvalue weighted by atomic mass is 10.2. The third-order valence-electron chi connectivity index (χ3n) is 3.34. The van der Waals surface area contributed by atoms with E-state index in [1.165, 1.54) is 12.8 Å². The van der Waals surface area contributed by atoms with E-state index >= 15 is 0 Å². The molecule has 0 aromatic carbocycles. The van der Waals surface area contributed by atoms with E-state index in [0.29, 0.717) is 6.04 Å². The maximum atomic E-state index is 11.5. The Hall–Kier alpha value is -1.29. The number of hydrogen-bond donors (Lipinski definition) is 1. The Morgan fingerprint density at radius 3 is 2.65 bits per heavy atom. The maximum absolute atomic E-state index is 11.5. The summed E-state index contributed by atoms with van der Waals surface area (Å²) in [4.78, 5) is 13.5. The predicted molar refractivity (Wildman–Crippen MR) is 67.3 cm³/mol. The van der Waals surface area contributed by atoms with Crippen LogP contribution in [0, 0.1) is 0 Å². The van der Waals surface area contributed by atoms with Crippen molar-refractivity contribution in [2.24, 2.45) is 0 Å². The van der Waals surface area contributed by atoms with Crippen LogP contribution in [0.4, 0.5) is 0 Å². The second kappa shape index (κ2) is 4.92. The molecule has 0 bridgehead atoms. The highest BCUT2D eigenvalue weighted by Crippen LogP contribution is 2.31. The van der Waals surface area contributed by atoms with E-state index in [2.05, 4.69) is 4.57 Å². The van der Waals surface area contributed by atoms with Crippen LogP contribution >= 0.6 is 0 Å². The molecule has 0 radical (unpaired) electrons. The monoisotopic (exact) mass is 236 g/mol. The minimum atomic E-state index is -0.281. The summed E-state index contributed by atoms with van der Waals surface area (Å²) in [6.07, 6.45) is 6.36. The zero-order valence-electron chi connectivity index (χ0n) is 10.5. The highest BCUT2D eigenvalue weighted by Gasteiger charge is 2.19. The van der Waals surface area contributed by atoms with Crippen molar-refractivity contribution in [2.45, 2.75) is 38.3 Å². The summed E-state index contributed by atoms with van der Waals surface area (Å²) in [7, 11) is 3.96. The van der Waals surface area contributed by atoms with Gasteiger partial charge in [0.2, 0.25) is 5.43 Å². The van der Waals surface area contributed by atoms with E-state index in [4.69, 9.17) is 0 Å². The molecule has 0 saturated heterocycles. The van der Waals surface area contributed by atoms with Gasteiger partial charge in [0.15, 0.2) is 5.75 Å². The summed E-state index contributed by atoms with van der Waals surface area (Å²) >= 11 is 0. The standard InChI is InChI=1S/C13H20N2O2/c1-14(2)8-11-7-12(16)13(17)9-15(11)10-5-3-4-6-10/h7,9-10,17H,3-6,8H2,1-2H3. The lowest BCUT2D eigenvalue weighted by molar-refractivity contribution is 0.366. The molecule has 1 N–H and O–H groups in total. The van der Waals surface area contributed by atoms with Crippen LogP contribution in [0.3, 0.4) is 0 Å². The van der Waals surface area contributed by atoms with Gasteiger partial charge in [0.1, 0.15) is 0 Å². The molecule has 17 heavy (non-hydrogen) atoms. The highest BCUT2D eigenvalue weighted by molar-refractivity contribution is 5.21. The molecule has 0 unspecified atom stereocenters. The van der Waals surface area contributed by atoms with Crippen molar-refractivity contribution >= 4 is 0 Å². The van der Waals surface area contributed by atoms with Gasteiger partial charge in [-0.15, -0.1) is 0 Å². The Kier molecular flexibility index (Phi) is 3.52. The van der Waals surface area contributed by atoms with E-state index < -0.39 is 0 Å². The quantitative estimate of drug-likeness (QED) is 0.869. The highest BCUT2D eigenvalue weighted by atomic mass is 16.3. The molecule has 0 aliphatic heterocycles. The number of rotatable bonds is 3. The second-order valence-corrected chi connectivity index (χ2v) is 5.10. The Morgan fingerprint density at radius 2 is 2.06 bits per heavy atom. The van der Waals surface area contributed by atoms with Gasteiger partial charge in [-0.05, 0) is 26.9 Å². The molecule has 0 spiro atoms. The summed E-state index contributed by atoms with van der Waals surface area (Å²) in [6.45, 7) is 0.728. The Morgan fingerprint density at radius 1 is 1.41 bits per heavy atom. The zero-order valence-corrected chi connectivity index (χ0v) is 10.5. The molecule has 1 heterocycles. The number of aromatic nitrogens is 1. The third-order valence-corrected chi connectivity index (χ3v) is 3.34. The van der Waals surface area contributed by atoms with Crippen molar-refractivity contribution in [3.63, 3.8) is 0 Å². The summed E-state index contributed by atoms with van der Waals surface area (Å²) in [5.74, 6) is -0.139. The first-order valence-corrected chi connectivity index (χ1v) is 6.16. The van der Waals surface area contributed by atoms with Crippen LogP contribution < -0.4 is 5.43 Å². The van der Waals surface area contributed by atoms with Crippen LogP contribution in [0.2, 0.25) is 0 Å². The molecular weight excluding hydrogens is 216 g/mol. The maximum Gasteiger partial charge on any atom is 0.223 e. The van der Waals surface area contributed by atoms with Gasteiger partial charge in [-0.25, -0.2) is 0 Å². The van der Waals surface area contributed by atoms with Gasteiger partial charge in [-0.2, -0.15) is 0 Å². The van der Waals surface area contributed by atoms with E-state index in [1.54, 1.807) is 12.3 Å². The normalized spacial score (nSPS) is 16.9. The smallest absolute Gasteiger partial charge is 0.223 e. The molecule has 1 saturated carbocycles. The van der Waals surface area contributed by atoms with Crippen molar-refractivity contribution in [2.75, 3.05) is 14.1 Å². The zero-order chi connectivity index (χ0) is 12.4. The lowest BCUT2D eigenvalue weighted by Gasteiger charge is -2.22. The molecule has 94 valence electrons. The average Bonchev–Trinajstić information content (AvgIpc) is 2.75. The van der Waals surface area contributed by atoms with Crippen LogP contribution in [0.15, 0.2) is 17.1 Å². The minimum Gasteiger partial charge on any atom is -0.503 e. The molecule has 1 aliphatic rings. The first-order chi connectivity index (χ1) is 8.08. The van der Waals surface area contributed by atoms with E-state index in [-0.39, 0.29) is 11.2 Å². The summed E-state index contributed by atoms with van der Waals surface area (Å²) < 4.78 is 2.09. The lowest BCUT2D eigenvalue weighted by Crippen LogP contribution is -2.21.